The predicted molar refractivity (Wildman–Crippen MR) is 151 cm³/mol. The lowest BCUT2D eigenvalue weighted by atomic mass is 9.55. The third-order valence-corrected chi connectivity index (χ3v) is 8.48. The first-order valence-corrected chi connectivity index (χ1v) is 13.9. The van der Waals surface area contributed by atoms with Gasteiger partial charge < -0.3 is 14.8 Å². The van der Waals surface area contributed by atoms with Crippen LogP contribution in [0.3, 0.4) is 0 Å². The standard InChI is InChI=1S/C33H32N2O6/c1-18(2)16-25(33(39)41-17-26(36)34-19-12-14-20(40-3)15-13-19)35-31(37)29-27-21-8-4-5-9-22(21)28(30(29)32(35)38)24-11-7-6-10-23(24)27/h4-15,18,25,27-30H,16-17H2,1-3H3,(H,34,36)/t25-,27?,28?,29-,30+/m0/s1. The van der Waals surface area contributed by atoms with E-state index in [0.29, 0.717) is 11.4 Å². The number of methoxy groups -OCH3 is 1. The minimum absolute atomic E-state index is 0.00461. The third-order valence-electron chi connectivity index (χ3n) is 8.48. The number of likely N-dealkylation sites (tertiary alicyclic amines) is 1. The number of imide groups is 1. The molecule has 8 heteroatoms. The number of anilines is 1. The average molecular weight is 553 g/mol. The van der Waals surface area contributed by atoms with Crippen molar-refractivity contribution in [3.05, 3.63) is 95.1 Å². The van der Waals surface area contributed by atoms with Crippen LogP contribution in [0.25, 0.3) is 0 Å². The monoisotopic (exact) mass is 552 g/mol. The summed E-state index contributed by atoms with van der Waals surface area (Å²) < 4.78 is 10.5. The molecule has 1 fully saturated rings. The zero-order valence-corrected chi connectivity index (χ0v) is 23.2. The molecule has 0 aromatic heterocycles. The lowest BCUT2D eigenvalue weighted by Crippen LogP contribution is -2.47. The molecule has 3 atom stereocenters. The largest absolute Gasteiger partial charge is 0.497 e. The second-order valence-electron chi connectivity index (χ2n) is 11.3. The van der Waals surface area contributed by atoms with Gasteiger partial charge in [0.05, 0.1) is 18.9 Å². The van der Waals surface area contributed by atoms with Crippen molar-refractivity contribution >= 4 is 29.4 Å². The van der Waals surface area contributed by atoms with Crippen molar-refractivity contribution in [2.75, 3.05) is 19.0 Å². The van der Waals surface area contributed by atoms with E-state index >= 15 is 0 Å². The molecule has 0 unspecified atom stereocenters. The van der Waals surface area contributed by atoms with Gasteiger partial charge in [-0.15, -0.1) is 0 Å². The molecule has 4 aliphatic rings. The van der Waals surface area contributed by atoms with E-state index in [2.05, 4.69) is 5.32 Å². The summed E-state index contributed by atoms with van der Waals surface area (Å²) in [7, 11) is 1.55. The number of ether oxygens (including phenoxy) is 2. The Morgan fingerprint density at radius 3 is 1.73 bits per heavy atom. The lowest BCUT2D eigenvalue weighted by molar-refractivity contribution is -0.160. The summed E-state index contributed by atoms with van der Waals surface area (Å²) in [5.74, 6) is -3.02. The third kappa shape index (κ3) is 4.47. The van der Waals surface area contributed by atoms with Crippen molar-refractivity contribution in [2.45, 2.75) is 38.1 Å². The van der Waals surface area contributed by atoms with E-state index in [1.807, 2.05) is 62.4 Å². The summed E-state index contributed by atoms with van der Waals surface area (Å²) in [6.07, 6.45) is 0.241. The van der Waals surface area contributed by atoms with Gasteiger partial charge in [0.2, 0.25) is 11.8 Å². The van der Waals surface area contributed by atoms with Crippen LogP contribution < -0.4 is 10.1 Å². The second kappa shape index (κ2) is 10.5. The average Bonchev–Trinajstić information content (AvgIpc) is 3.24. The number of nitrogens with one attached hydrogen (secondary N) is 1. The molecule has 3 aromatic rings. The number of benzene rings is 3. The van der Waals surface area contributed by atoms with E-state index in [0.717, 1.165) is 27.2 Å². The van der Waals surface area contributed by atoms with Crippen LogP contribution in [0.1, 0.15) is 54.4 Å². The number of rotatable bonds is 8. The van der Waals surface area contributed by atoms with Crippen LogP contribution in [0.15, 0.2) is 72.8 Å². The number of carbonyl (C=O) groups is 4. The quantitative estimate of drug-likeness (QED) is 0.327. The zero-order chi connectivity index (χ0) is 28.8. The molecule has 8 nitrogen and oxygen atoms in total. The summed E-state index contributed by atoms with van der Waals surface area (Å²) in [6.45, 7) is 3.30. The van der Waals surface area contributed by atoms with E-state index < -0.39 is 36.4 Å². The topological polar surface area (TPSA) is 102 Å². The molecule has 1 N–H and O–H groups in total. The maximum absolute atomic E-state index is 14.1. The first kappa shape index (κ1) is 26.7. The van der Waals surface area contributed by atoms with Crippen molar-refractivity contribution in [1.29, 1.82) is 0 Å². The Kier molecular flexibility index (Phi) is 6.85. The molecule has 1 saturated heterocycles. The Balaban J connectivity index is 1.25. The molecule has 41 heavy (non-hydrogen) atoms. The molecule has 210 valence electrons. The summed E-state index contributed by atoms with van der Waals surface area (Å²) in [4.78, 5) is 55.4. The number of hydrogen-bond acceptors (Lipinski definition) is 6. The smallest absolute Gasteiger partial charge is 0.329 e. The molecule has 1 heterocycles. The Labute approximate surface area is 238 Å². The first-order chi connectivity index (χ1) is 19.8. The Bertz CT molecular complexity index is 1420. The fourth-order valence-electron chi connectivity index (χ4n) is 6.87. The lowest BCUT2D eigenvalue weighted by Gasteiger charge is -2.45. The fraction of sp³-hybridized carbons (Fsp3) is 0.333. The fourth-order valence-corrected chi connectivity index (χ4v) is 6.87. The maximum atomic E-state index is 14.1. The minimum atomic E-state index is -1.11. The molecule has 2 bridgehead atoms. The van der Waals surface area contributed by atoms with Gasteiger partial charge in [0, 0.05) is 17.5 Å². The van der Waals surface area contributed by atoms with E-state index in [1.165, 1.54) is 0 Å². The summed E-state index contributed by atoms with van der Waals surface area (Å²) in [5, 5.41) is 2.68. The van der Waals surface area contributed by atoms with E-state index in [-0.39, 0.29) is 36.0 Å². The van der Waals surface area contributed by atoms with Crippen LogP contribution in [-0.4, -0.2) is 48.3 Å². The summed E-state index contributed by atoms with van der Waals surface area (Å²) >= 11 is 0. The second-order valence-corrected chi connectivity index (χ2v) is 11.3. The van der Waals surface area contributed by atoms with Gasteiger partial charge in [0.25, 0.3) is 5.91 Å². The number of esters is 1. The maximum Gasteiger partial charge on any atom is 0.329 e. The molecular formula is C33H32N2O6. The number of nitrogens with zero attached hydrogens (tertiary/aromatic N) is 1. The van der Waals surface area contributed by atoms with Crippen LogP contribution in [0.2, 0.25) is 0 Å². The zero-order valence-electron chi connectivity index (χ0n) is 23.2. The van der Waals surface area contributed by atoms with Crippen LogP contribution in [0.5, 0.6) is 5.75 Å². The number of carbonyl (C=O) groups excluding carboxylic acids is 4. The van der Waals surface area contributed by atoms with Crippen molar-refractivity contribution in [1.82, 2.24) is 4.90 Å². The highest BCUT2D eigenvalue weighted by atomic mass is 16.5. The van der Waals surface area contributed by atoms with Crippen LogP contribution in [-0.2, 0) is 23.9 Å². The van der Waals surface area contributed by atoms with Crippen molar-refractivity contribution in [3.8, 4) is 5.75 Å². The van der Waals surface area contributed by atoms with Crippen molar-refractivity contribution < 1.29 is 28.7 Å². The van der Waals surface area contributed by atoms with Crippen LogP contribution >= 0.6 is 0 Å². The summed E-state index contributed by atoms with van der Waals surface area (Å²) in [5.41, 5.74) is 4.80. The Morgan fingerprint density at radius 1 is 0.805 bits per heavy atom. The van der Waals surface area contributed by atoms with E-state index in [1.54, 1.807) is 31.4 Å². The van der Waals surface area contributed by atoms with Gasteiger partial charge in [-0.3, -0.25) is 19.3 Å². The first-order valence-electron chi connectivity index (χ1n) is 13.9. The molecule has 3 aromatic carbocycles. The molecule has 3 aliphatic carbocycles. The van der Waals surface area contributed by atoms with Crippen molar-refractivity contribution in [2.24, 2.45) is 17.8 Å². The minimum Gasteiger partial charge on any atom is -0.497 e. The van der Waals surface area contributed by atoms with Crippen LogP contribution in [0.4, 0.5) is 5.69 Å². The Hall–Kier alpha value is -4.46. The molecule has 1 aliphatic heterocycles. The van der Waals surface area contributed by atoms with Gasteiger partial charge in [-0.1, -0.05) is 62.4 Å². The molecule has 3 amide bonds. The van der Waals surface area contributed by atoms with Gasteiger partial charge in [-0.05, 0) is 58.9 Å². The van der Waals surface area contributed by atoms with Gasteiger partial charge in [-0.25, -0.2) is 4.79 Å². The normalized spacial score (nSPS) is 22.6. The molecular weight excluding hydrogens is 520 g/mol. The highest BCUT2D eigenvalue weighted by Gasteiger charge is 2.63. The van der Waals surface area contributed by atoms with Crippen LogP contribution in [0, 0.1) is 17.8 Å². The van der Waals surface area contributed by atoms with Gasteiger partial charge >= 0.3 is 5.97 Å². The van der Waals surface area contributed by atoms with Gasteiger partial charge in [0.1, 0.15) is 11.8 Å². The van der Waals surface area contributed by atoms with Crippen molar-refractivity contribution in [3.63, 3.8) is 0 Å². The summed E-state index contributed by atoms with van der Waals surface area (Å²) in [6, 6.07) is 21.7. The number of amides is 3. The van der Waals surface area contributed by atoms with E-state index in [4.69, 9.17) is 9.47 Å². The van der Waals surface area contributed by atoms with E-state index in [9.17, 15) is 19.2 Å². The molecule has 0 spiro atoms. The predicted octanol–water partition coefficient (Wildman–Crippen LogP) is 4.48. The number of hydrogen-bond donors (Lipinski definition) is 1. The molecule has 0 radical (unpaired) electrons. The highest BCUT2D eigenvalue weighted by Crippen LogP contribution is 2.61. The molecule has 0 saturated carbocycles. The molecule has 7 rings (SSSR count). The Morgan fingerprint density at radius 2 is 1.29 bits per heavy atom. The highest BCUT2D eigenvalue weighted by molar-refractivity contribution is 6.10. The van der Waals surface area contributed by atoms with Gasteiger partial charge in [-0.2, -0.15) is 0 Å². The van der Waals surface area contributed by atoms with Gasteiger partial charge in [0.15, 0.2) is 6.61 Å². The SMILES string of the molecule is COc1ccc(NC(=O)COC(=O)[C@H](CC(C)C)N2C(=O)[C@@H]3C4c5ccccc5C(c5ccccc54)[C@@H]3C2=O)cc1.